The molecule has 172 valence electrons. The average Bonchev–Trinajstić information content (AvgIpc) is 2.79. The van der Waals surface area contributed by atoms with Gasteiger partial charge in [-0.25, -0.2) is 0 Å². The number of aliphatic hydroxyl groups excluding tert-OH is 2. The molecule has 8 heteroatoms. The van der Waals surface area contributed by atoms with E-state index in [-0.39, 0.29) is 24.0 Å². The molecule has 0 spiro atoms. The Hall–Kier alpha value is -1.94. The Bertz CT molecular complexity index is 676. The summed E-state index contributed by atoms with van der Waals surface area (Å²) < 4.78 is 20.9. The number of methoxy groups -OCH3 is 4. The predicted octanol–water partition coefficient (Wildman–Crippen LogP) is 1.13. The van der Waals surface area contributed by atoms with Gasteiger partial charge in [-0.2, -0.15) is 0 Å². The van der Waals surface area contributed by atoms with Crippen molar-refractivity contribution in [3.05, 3.63) is 48.6 Å². The van der Waals surface area contributed by atoms with E-state index in [9.17, 15) is 19.8 Å². The lowest BCUT2D eigenvalue weighted by atomic mass is 9.90. The maximum Gasteiger partial charge on any atom is 0.298 e. The Kier molecular flexibility index (Phi) is 9.49. The van der Waals surface area contributed by atoms with Crippen molar-refractivity contribution in [2.24, 2.45) is 11.8 Å². The van der Waals surface area contributed by atoms with Gasteiger partial charge < -0.3 is 29.2 Å². The van der Waals surface area contributed by atoms with Gasteiger partial charge in [0.1, 0.15) is 0 Å². The molecule has 31 heavy (non-hydrogen) atoms. The first-order chi connectivity index (χ1) is 14.8. The Morgan fingerprint density at radius 2 is 1.16 bits per heavy atom. The molecule has 0 aromatic heterocycles. The summed E-state index contributed by atoms with van der Waals surface area (Å²) in [6, 6.07) is 0. The molecule has 0 saturated heterocycles. The number of rotatable bonds is 10. The van der Waals surface area contributed by atoms with Gasteiger partial charge in [-0.3, -0.25) is 9.59 Å². The molecule has 0 fully saturated rings. The number of ketones is 2. The zero-order valence-corrected chi connectivity index (χ0v) is 18.3. The van der Waals surface area contributed by atoms with Crippen molar-refractivity contribution >= 4 is 11.6 Å². The van der Waals surface area contributed by atoms with E-state index in [1.54, 1.807) is 36.5 Å². The molecule has 0 amide bonds. The fourth-order valence-corrected chi connectivity index (χ4v) is 3.74. The Morgan fingerprint density at radius 3 is 1.48 bits per heavy atom. The van der Waals surface area contributed by atoms with Gasteiger partial charge in [0, 0.05) is 28.4 Å². The molecule has 8 nitrogen and oxygen atoms in total. The summed E-state index contributed by atoms with van der Waals surface area (Å²) in [4.78, 5) is 25.7. The van der Waals surface area contributed by atoms with Crippen LogP contribution in [-0.2, 0) is 28.5 Å². The van der Waals surface area contributed by atoms with E-state index in [0.717, 1.165) is 0 Å². The van der Waals surface area contributed by atoms with Gasteiger partial charge in [-0.05, 0) is 36.8 Å². The lowest BCUT2D eigenvalue weighted by Gasteiger charge is -2.28. The molecule has 2 aliphatic rings. The molecular formula is C23H32O8. The molecule has 2 rings (SSSR count). The van der Waals surface area contributed by atoms with E-state index in [2.05, 4.69) is 0 Å². The first kappa shape index (κ1) is 25.3. The Labute approximate surface area is 182 Å². The maximum atomic E-state index is 12.9. The summed E-state index contributed by atoms with van der Waals surface area (Å²) in [6.07, 6.45) is 11.5. The topological polar surface area (TPSA) is 112 Å². The summed E-state index contributed by atoms with van der Waals surface area (Å²) in [5.74, 6) is -3.67. The summed E-state index contributed by atoms with van der Waals surface area (Å²) in [7, 11) is 5.50. The van der Waals surface area contributed by atoms with Crippen molar-refractivity contribution in [1.82, 2.24) is 0 Å². The Balaban J connectivity index is 2.11. The lowest BCUT2D eigenvalue weighted by Crippen LogP contribution is -2.48. The van der Waals surface area contributed by atoms with Crippen LogP contribution in [0, 0.1) is 11.8 Å². The number of hydrogen-bond donors (Lipinski definition) is 2. The van der Waals surface area contributed by atoms with Gasteiger partial charge in [-0.1, -0.05) is 36.5 Å². The van der Waals surface area contributed by atoms with Crippen molar-refractivity contribution < 1.29 is 38.7 Å². The van der Waals surface area contributed by atoms with Crippen molar-refractivity contribution in [2.75, 3.05) is 28.4 Å². The van der Waals surface area contributed by atoms with Gasteiger partial charge in [0.25, 0.3) is 5.79 Å². The molecule has 2 aliphatic carbocycles. The minimum Gasteiger partial charge on any atom is -0.386 e. The number of carbonyl (C=O) groups excluding carboxylic acids is 2. The van der Waals surface area contributed by atoms with Crippen LogP contribution in [0.1, 0.15) is 12.8 Å². The number of allylic oxidation sites excluding steroid dienone is 4. The van der Waals surface area contributed by atoms with Crippen LogP contribution in [0.15, 0.2) is 48.6 Å². The molecule has 0 heterocycles. The molecule has 0 aromatic rings. The SMILES string of the molecule is COC1CC(C=CC(=O)C(OC)(OC)C(=O)C=CC2C=CC(O)C(OC)C2)C=CC1O. The molecule has 0 aromatic carbocycles. The third-order valence-electron chi connectivity index (χ3n) is 5.70. The third-order valence-corrected chi connectivity index (χ3v) is 5.70. The lowest BCUT2D eigenvalue weighted by molar-refractivity contribution is -0.200. The summed E-state index contributed by atoms with van der Waals surface area (Å²) >= 11 is 0. The third kappa shape index (κ3) is 6.06. The van der Waals surface area contributed by atoms with E-state index in [1.165, 1.54) is 40.6 Å². The van der Waals surface area contributed by atoms with Crippen LogP contribution < -0.4 is 0 Å². The van der Waals surface area contributed by atoms with Crippen LogP contribution in [0.4, 0.5) is 0 Å². The predicted molar refractivity (Wildman–Crippen MR) is 113 cm³/mol. The van der Waals surface area contributed by atoms with Crippen molar-refractivity contribution in [1.29, 1.82) is 0 Å². The number of ether oxygens (including phenoxy) is 4. The second-order valence-electron chi connectivity index (χ2n) is 7.57. The number of carbonyl (C=O) groups is 2. The average molecular weight is 437 g/mol. The highest BCUT2D eigenvalue weighted by molar-refractivity contribution is 6.17. The van der Waals surface area contributed by atoms with Gasteiger partial charge in [-0.15, -0.1) is 0 Å². The van der Waals surface area contributed by atoms with Gasteiger partial charge in [0.2, 0.25) is 11.6 Å². The summed E-state index contributed by atoms with van der Waals surface area (Å²) in [5.41, 5.74) is 0. The second kappa shape index (κ2) is 11.6. The van der Waals surface area contributed by atoms with Crippen LogP contribution in [-0.4, -0.2) is 80.4 Å². The standard InChI is InChI=1S/C23H32O8/c1-28-19-13-15(5-9-17(19)24)7-11-21(26)23(30-3,31-4)22(27)12-8-16-6-10-18(25)20(14-16)29-2/h5-12,15-20,24-25H,13-14H2,1-4H3. The van der Waals surface area contributed by atoms with Gasteiger partial charge >= 0.3 is 0 Å². The van der Waals surface area contributed by atoms with E-state index in [4.69, 9.17) is 18.9 Å². The van der Waals surface area contributed by atoms with Gasteiger partial charge in [0.05, 0.1) is 24.4 Å². The molecule has 6 unspecified atom stereocenters. The molecule has 0 radical (unpaired) electrons. The highest BCUT2D eigenvalue weighted by Crippen LogP contribution is 2.25. The molecule has 6 atom stereocenters. The van der Waals surface area contributed by atoms with E-state index >= 15 is 0 Å². The smallest absolute Gasteiger partial charge is 0.298 e. The zero-order chi connectivity index (χ0) is 23.0. The van der Waals surface area contributed by atoms with E-state index in [1.807, 2.05) is 0 Å². The number of hydrogen-bond acceptors (Lipinski definition) is 8. The first-order valence-electron chi connectivity index (χ1n) is 10.1. The van der Waals surface area contributed by atoms with Crippen LogP contribution in [0.2, 0.25) is 0 Å². The van der Waals surface area contributed by atoms with Crippen LogP contribution >= 0.6 is 0 Å². The maximum absolute atomic E-state index is 12.9. The van der Waals surface area contributed by atoms with E-state index < -0.39 is 29.6 Å². The minimum absolute atomic E-state index is 0.140. The van der Waals surface area contributed by atoms with Crippen LogP contribution in [0.3, 0.4) is 0 Å². The molecule has 2 N–H and O–H groups in total. The fourth-order valence-electron chi connectivity index (χ4n) is 3.74. The van der Waals surface area contributed by atoms with Crippen molar-refractivity contribution in [3.8, 4) is 0 Å². The highest BCUT2D eigenvalue weighted by atomic mass is 16.7. The van der Waals surface area contributed by atoms with Crippen LogP contribution in [0.5, 0.6) is 0 Å². The van der Waals surface area contributed by atoms with Crippen molar-refractivity contribution in [2.45, 2.75) is 43.0 Å². The Morgan fingerprint density at radius 1 is 0.774 bits per heavy atom. The number of aliphatic hydroxyl groups is 2. The highest BCUT2D eigenvalue weighted by Gasteiger charge is 2.44. The zero-order valence-electron chi connectivity index (χ0n) is 18.3. The summed E-state index contributed by atoms with van der Waals surface area (Å²) in [6.45, 7) is 0. The molecule has 0 aliphatic heterocycles. The quantitative estimate of drug-likeness (QED) is 0.227. The van der Waals surface area contributed by atoms with E-state index in [0.29, 0.717) is 12.8 Å². The monoisotopic (exact) mass is 436 g/mol. The van der Waals surface area contributed by atoms with Gasteiger partial charge in [0.15, 0.2) is 0 Å². The van der Waals surface area contributed by atoms with Crippen LogP contribution in [0.25, 0.3) is 0 Å². The fraction of sp³-hybridized carbons (Fsp3) is 0.565. The van der Waals surface area contributed by atoms with Crippen molar-refractivity contribution in [3.63, 3.8) is 0 Å². The largest absolute Gasteiger partial charge is 0.386 e. The first-order valence-corrected chi connectivity index (χ1v) is 10.1. The molecule has 0 bridgehead atoms. The second-order valence-corrected chi connectivity index (χ2v) is 7.57. The minimum atomic E-state index is -2.09. The summed E-state index contributed by atoms with van der Waals surface area (Å²) in [5, 5.41) is 19.7. The normalized spacial score (nSPS) is 31.5. The molecule has 0 saturated carbocycles. The molecular weight excluding hydrogens is 404 g/mol.